The molecule has 9 rings (SSSR count). The molecule has 0 saturated carbocycles. The Balaban J connectivity index is 0.000000178. The van der Waals surface area contributed by atoms with Crippen LogP contribution in [0.1, 0.15) is 197 Å². The van der Waals surface area contributed by atoms with Gasteiger partial charge in [-0.1, -0.05) is 37.8 Å². The fourth-order valence-electron chi connectivity index (χ4n) is 10.1. The predicted octanol–water partition coefficient (Wildman–Crippen LogP) is 4.81. The van der Waals surface area contributed by atoms with Crippen molar-refractivity contribution in [1.29, 1.82) is 0 Å². The van der Waals surface area contributed by atoms with Crippen LogP contribution in [0.5, 0.6) is 0 Å². The first kappa shape index (κ1) is 59.0. The number of carboxylic acids is 1. The summed E-state index contributed by atoms with van der Waals surface area (Å²) in [5.41, 5.74) is 2.59. The lowest BCUT2D eigenvalue weighted by molar-refractivity contribution is -0.155. The molecule has 3 saturated heterocycles. The molecule has 80 heavy (non-hydrogen) atoms. The monoisotopic (exact) mass is 1100 g/mol. The number of amides is 12. The molecule has 6 heterocycles. The van der Waals surface area contributed by atoms with E-state index in [2.05, 4.69) is 16.0 Å². The van der Waals surface area contributed by atoms with Crippen molar-refractivity contribution in [3.05, 3.63) is 105 Å². The Hall–Kier alpha value is -8.63. The maximum atomic E-state index is 13.2. The predicted molar refractivity (Wildman–Crippen MR) is 276 cm³/mol. The number of carboxylic acid groups (broad SMARTS) is 1. The minimum atomic E-state index is -1.02. The first-order valence-corrected chi connectivity index (χ1v) is 26.6. The van der Waals surface area contributed by atoms with Crippen LogP contribution in [0.3, 0.4) is 0 Å². The van der Waals surface area contributed by atoms with E-state index in [4.69, 9.17) is 9.84 Å². The number of benzene rings is 3. The van der Waals surface area contributed by atoms with Crippen LogP contribution in [0.4, 0.5) is 4.39 Å². The van der Waals surface area contributed by atoms with Gasteiger partial charge in [-0.15, -0.1) is 0 Å². The zero-order valence-corrected chi connectivity index (χ0v) is 44.4. The number of rotatable bonds is 17. The molecule has 4 N–H and O–H groups in total. The molecular formula is C57H61FN6O16. The molecule has 22 nitrogen and oxygen atoms in total. The van der Waals surface area contributed by atoms with Gasteiger partial charge < -0.3 is 9.84 Å². The third-order valence-corrected chi connectivity index (χ3v) is 14.0. The third kappa shape index (κ3) is 14.0. The standard InChI is InChI=1S/C24H30N2O6.C20H22N2O6.C13H9FN2O4/c1-24(2,3)32-20(28)9-7-5-4-6-8-15-10-11-16-17(14-15)23(31)26(22(16)30)18-12-13-19(27)25-21(18)29;23-16-10-9-15(18(26)21-16)22-19(27)13-8-7-12(11-14(13)20(22)28)5-3-1-2-4-6-17(24)25;14-6-1-2-7-8(5-6)13(20)16(12(7)19)9-3-4-10(17)15-11(9)18/h10-11,14,18H,4-9,12-13H2,1-3H3,(H,25,27,29);7-8,11,15H,1-6,9-10H2,(H,24,25)(H,21,23,26);1-2,5,9H,3-4H2,(H,15,17,18). The Bertz CT molecular complexity index is 3110. The van der Waals surface area contributed by atoms with Gasteiger partial charge in [0.2, 0.25) is 35.4 Å². The number of esters is 1. The van der Waals surface area contributed by atoms with Gasteiger partial charge in [0.1, 0.15) is 29.5 Å². The van der Waals surface area contributed by atoms with Gasteiger partial charge in [-0.3, -0.25) is 97.8 Å². The number of piperidine rings is 3. The summed E-state index contributed by atoms with van der Waals surface area (Å²) in [4.78, 5) is 170. The number of aryl methyl sites for hydroxylation is 2. The van der Waals surface area contributed by atoms with Gasteiger partial charge in [-0.25, -0.2) is 4.39 Å². The van der Waals surface area contributed by atoms with Crippen LogP contribution >= 0.6 is 0 Å². The van der Waals surface area contributed by atoms with E-state index in [0.29, 0.717) is 24.0 Å². The molecule has 3 aromatic rings. The lowest BCUT2D eigenvalue weighted by Gasteiger charge is -2.27. The van der Waals surface area contributed by atoms with E-state index in [9.17, 15) is 71.5 Å². The molecule has 0 aromatic heterocycles. The maximum Gasteiger partial charge on any atom is 0.306 e. The second-order valence-electron chi connectivity index (χ2n) is 21.1. The summed E-state index contributed by atoms with van der Waals surface area (Å²) in [6.07, 6.45) is 9.40. The minimum absolute atomic E-state index is 0.0537. The van der Waals surface area contributed by atoms with Crippen molar-refractivity contribution in [3.8, 4) is 0 Å². The van der Waals surface area contributed by atoms with Gasteiger partial charge in [0.05, 0.1) is 33.4 Å². The number of halogens is 1. The van der Waals surface area contributed by atoms with Crippen molar-refractivity contribution >= 4 is 82.8 Å². The molecule has 422 valence electrons. The molecule has 3 fully saturated rings. The Kier molecular flexibility index (Phi) is 18.8. The summed E-state index contributed by atoms with van der Waals surface area (Å²) in [5, 5.41) is 15.1. The summed E-state index contributed by atoms with van der Waals surface area (Å²) >= 11 is 0. The quantitative estimate of drug-likeness (QED) is 0.0800. The summed E-state index contributed by atoms with van der Waals surface area (Å²) in [6, 6.07) is 10.6. The van der Waals surface area contributed by atoms with Crippen molar-refractivity contribution in [2.45, 2.75) is 160 Å². The molecule has 0 spiro atoms. The highest BCUT2D eigenvalue weighted by Gasteiger charge is 2.47. The number of nitrogens with one attached hydrogen (secondary N) is 3. The number of nitrogens with zero attached hydrogens (tertiary/aromatic N) is 3. The molecule has 12 amide bonds. The van der Waals surface area contributed by atoms with E-state index >= 15 is 0 Å². The zero-order valence-electron chi connectivity index (χ0n) is 44.4. The molecule has 3 atom stereocenters. The van der Waals surface area contributed by atoms with E-state index in [1.165, 1.54) is 6.07 Å². The second-order valence-corrected chi connectivity index (χ2v) is 21.1. The first-order valence-electron chi connectivity index (χ1n) is 26.6. The van der Waals surface area contributed by atoms with Crippen LogP contribution in [-0.4, -0.2) is 126 Å². The van der Waals surface area contributed by atoms with E-state index < -0.39 is 106 Å². The molecule has 23 heteroatoms. The average molecular weight is 1110 g/mol. The Morgan fingerprint density at radius 2 is 0.825 bits per heavy atom. The Labute approximate surface area is 458 Å². The van der Waals surface area contributed by atoms with Crippen LogP contribution in [-0.2, 0) is 55.9 Å². The lowest BCUT2D eigenvalue weighted by Crippen LogP contribution is -2.54. The third-order valence-electron chi connectivity index (χ3n) is 14.0. The summed E-state index contributed by atoms with van der Waals surface area (Å²) in [7, 11) is 0. The van der Waals surface area contributed by atoms with Crippen molar-refractivity contribution in [2.75, 3.05) is 0 Å². The smallest absolute Gasteiger partial charge is 0.306 e. The lowest BCUT2D eigenvalue weighted by atomic mass is 10.0. The van der Waals surface area contributed by atoms with Gasteiger partial charge >= 0.3 is 11.9 Å². The van der Waals surface area contributed by atoms with Crippen molar-refractivity contribution < 1.29 is 81.4 Å². The second kappa shape index (κ2) is 25.4. The molecule has 3 unspecified atom stereocenters. The topological polar surface area (TPSA) is 314 Å². The maximum absolute atomic E-state index is 13.2. The molecule has 0 radical (unpaired) electrons. The van der Waals surface area contributed by atoms with E-state index in [-0.39, 0.29) is 73.2 Å². The molecule has 6 aliphatic rings. The number of aliphatic carboxylic acids is 1. The minimum Gasteiger partial charge on any atom is -0.481 e. The molecule has 0 bridgehead atoms. The number of carbonyl (C=O) groups is 14. The molecule has 3 aromatic carbocycles. The SMILES string of the molecule is CC(C)(C)OC(=O)CCCCCCc1ccc2c(c1)C(=O)N(C1CCC(=O)NC1=O)C2=O.O=C(O)CCCCCCc1ccc2c(c1)C(=O)N(C1CCC(=O)NC1=O)C2=O.O=C1CCC(N2C(=O)c3ccc(F)cc3C2=O)C(=O)N1. The highest BCUT2D eigenvalue weighted by molar-refractivity contribution is 6.25. The molecule has 6 aliphatic heterocycles. The number of imide groups is 6. The van der Waals surface area contributed by atoms with Crippen molar-refractivity contribution in [1.82, 2.24) is 30.7 Å². The Morgan fingerprint density at radius 3 is 1.19 bits per heavy atom. The number of hydrogen-bond acceptors (Lipinski definition) is 15. The fourth-order valence-corrected chi connectivity index (χ4v) is 10.1. The highest BCUT2D eigenvalue weighted by atomic mass is 19.1. The van der Waals surface area contributed by atoms with Crippen LogP contribution in [0.15, 0.2) is 54.6 Å². The summed E-state index contributed by atoms with van der Waals surface area (Å²) < 4.78 is 18.4. The zero-order chi connectivity index (χ0) is 58.2. The van der Waals surface area contributed by atoms with E-state index in [1.807, 2.05) is 26.8 Å². The number of ether oxygens (including phenoxy) is 1. The number of unbranched alkanes of at least 4 members (excludes halogenated alkanes) is 6. The van der Waals surface area contributed by atoms with Crippen molar-refractivity contribution in [2.24, 2.45) is 0 Å². The highest BCUT2D eigenvalue weighted by Crippen LogP contribution is 2.32. The van der Waals surface area contributed by atoms with Gasteiger partial charge in [0, 0.05) is 32.1 Å². The largest absolute Gasteiger partial charge is 0.481 e. The number of carbonyl (C=O) groups excluding carboxylic acids is 13. The number of fused-ring (bicyclic) bond motifs is 3. The van der Waals surface area contributed by atoms with Crippen LogP contribution in [0, 0.1) is 5.82 Å². The van der Waals surface area contributed by atoms with E-state index in [1.54, 1.807) is 30.3 Å². The normalized spacial score (nSPS) is 19.6. The summed E-state index contributed by atoms with van der Waals surface area (Å²) in [5.74, 6) is -8.07. The Morgan fingerprint density at radius 1 is 0.487 bits per heavy atom. The molecular weight excluding hydrogens is 1040 g/mol. The van der Waals surface area contributed by atoms with Gasteiger partial charge in [0.15, 0.2) is 0 Å². The van der Waals surface area contributed by atoms with Crippen molar-refractivity contribution in [3.63, 3.8) is 0 Å². The fraction of sp³-hybridized carbons (Fsp3) is 0.439. The number of hydrogen-bond donors (Lipinski definition) is 4. The summed E-state index contributed by atoms with van der Waals surface area (Å²) in [6.45, 7) is 5.55. The van der Waals surface area contributed by atoms with E-state index in [0.717, 1.165) is 95.7 Å². The van der Waals surface area contributed by atoms with Crippen LogP contribution in [0.25, 0.3) is 0 Å². The van der Waals surface area contributed by atoms with Crippen LogP contribution in [0.2, 0.25) is 0 Å². The average Bonchev–Trinajstić information content (AvgIpc) is 3.89. The van der Waals surface area contributed by atoms with Gasteiger partial charge in [-0.05, 0) is 132 Å². The first-order chi connectivity index (χ1) is 37.9. The van der Waals surface area contributed by atoms with Gasteiger partial charge in [0.25, 0.3) is 35.4 Å². The molecule has 0 aliphatic carbocycles. The van der Waals surface area contributed by atoms with Gasteiger partial charge in [-0.2, -0.15) is 0 Å². The van der Waals surface area contributed by atoms with Crippen LogP contribution < -0.4 is 16.0 Å².